The number of nitrogen functional groups attached to an aromatic ring is 1. The van der Waals surface area contributed by atoms with E-state index in [-0.39, 0.29) is 6.61 Å². The van der Waals surface area contributed by atoms with Gasteiger partial charge in [-0.3, -0.25) is 0 Å². The molecule has 2 rings (SSSR count). The number of aromatic nitrogens is 1. The molecule has 0 aliphatic heterocycles. The molecule has 0 saturated heterocycles. The van der Waals surface area contributed by atoms with Gasteiger partial charge in [-0.25, -0.2) is 4.98 Å². The zero-order chi connectivity index (χ0) is 12.3. The normalized spacial score (nSPS) is 24.6. The van der Waals surface area contributed by atoms with Crippen molar-refractivity contribution in [2.45, 2.75) is 38.6 Å². The van der Waals surface area contributed by atoms with Gasteiger partial charge >= 0.3 is 0 Å². The summed E-state index contributed by atoms with van der Waals surface area (Å²) < 4.78 is 0. The Kier molecular flexibility index (Phi) is 3.84. The van der Waals surface area contributed by atoms with Gasteiger partial charge < -0.3 is 16.2 Å². The largest absolute Gasteiger partial charge is 0.396 e. The third kappa shape index (κ3) is 2.88. The summed E-state index contributed by atoms with van der Waals surface area (Å²) in [4.78, 5) is 4.32. The highest BCUT2D eigenvalue weighted by molar-refractivity contribution is 5.62. The van der Waals surface area contributed by atoms with Crippen LogP contribution in [0.5, 0.6) is 0 Å². The maximum absolute atomic E-state index is 9.36. The van der Waals surface area contributed by atoms with Gasteiger partial charge in [-0.05, 0) is 31.4 Å². The summed E-state index contributed by atoms with van der Waals surface area (Å²) >= 11 is 0. The Morgan fingerprint density at radius 1 is 1.47 bits per heavy atom. The molecule has 1 aliphatic carbocycles. The van der Waals surface area contributed by atoms with Crippen molar-refractivity contribution in [3.8, 4) is 0 Å². The second-order valence-corrected chi connectivity index (χ2v) is 4.93. The van der Waals surface area contributed by atoms with Gasteiger partial charge in [0.15, 0.2) is 0 Å². The van der Waals surface area contributed by atoms with Crippen LogP contribution in [0.1, 0.15) is 31.2 Å². The summed E-state index contributed by atoms with van der Waals surface area (Å²) in [6.07, 6.45) is 6.40. The molecule has 1 aromatic heterocycles. The molecule has 4 N–H and O–H groups in total. The smallest absolute Gasteiger partial charge is 0.149 e. The second kappa shape index (κ2) is 5.36. The molecular formula is C13H21N3O. The van der Waals surface area contributed by atoms with E-state index in [1.807, 2.05) is 19.2 Å². The molecule has 0 spiro atoms. The van der Waals surface area contributed by atoms with Gasteiger partial charge in [-0.1, -0.05) is 12.8 Å². The first-order chi connectivity index (χ1) is 8.20. The fourth-order valence-electron chi connectivity index (χ4n) is 2.50. The van der Waals surface area contributed by atoms with Crippen LogP contribution in [0.4, 0.5) is 11.5 Å². The molecule has 17 heavy (non-hydrogen) atoms. The van der Waals surface area contributed by atoms with E-state index >= 15 is 0 Å². The average molecular weight is 235 g/mol. The molecule has 0 bridgehead atoms. The van der Waals surface area contributed by atoms with Crippen LogP contribution >= 0.6 is 0 Å². The van der Waals surface area contributed by atoms with E-state index in [0.717, 1.165) is 24.2 Å². The van der Waals surface area contributed by atoms with Crippen LogP contribution in [-0.2, 0) is 0 Å². The van der Waals surface area contributed by atoms with E-state index < -0.39 is 0 Å². The van der Waals surface area contributed by atoms with Crippen molar-refractivity contribution in [3.05, 3.63) is 17.8 Å². The molecule has 0 radical (unpaired) electrons. The number of rotatable bonds is 3. The molecule has 1 saturated carbocycles. The van der Waals surface area contributed by atoms with E-state index in [4.69, 9.17) is 5.73 Å². The van der Waals surface area contributed by atoms with Gasteiger partial charge in [0, 0.05) is 24.8 Å². The quantitative estimate of drug-likeness (QED) is 0.748. The fraction of sp³-hybridized carbons (Fsp3) is 0.615. The van der Waals surface area contributed by atoms with Crippen LogP contribution in [0.3, 0.4) is 0 Å². The predicted molar refractivity (Wildman–Crippen MR) is 69.8 cm³/mol. The molecule has 0 aromatic carbocycles. The van der Waals surface area contributed by atoms with Crippen LogP contribution in [0.2, 0.25) is 0 Å². The summed E-state index contributed by atoms with van der Waals surface area (Å²) in [6, 6.07) is 2.22. The summed E-state index contributed by atoms with van der Waals surface area (Å²) in [5, 5.41) is 12.7. The average Bonchev–Trinajstić information content (AvgIpc) is 2.33. The van der Waals surface area contributed by atoms with Crippen molar-refractivity contribution in [1.29, 1.82) is 0 Å². The third-order valence-electron chi connectivity index (χ3n) is 3.52. The molecule has 1 fully saturated rings. The van der Waals surface area contributed by atoms with Crippen LogP contribution in [0.15, 0.2) is 12.3 Å². The molecule has 1 aliphatic rings. The molecule has 1 heterocycles. The first-order valence-electron chi connectivity index (χ1n) is 6.30. The van der Waals surface area contributed by atoms with Gasteiger partial charge in [0.05, 0.1) is 5.69 Å². The fourth-order valence-corrected chi connectivity index (χ4v) is 2.50. The van der Waals surface area contributed by atoms with Crippen molar-refractivity contribution < 1.29 is 5.11 Å². The Morgan fingerprint density at radius 2 is 2.24 bits per heavy atom. The number of hydrogen-bond acceptors (Lipinski definition) is 4. The van der Waals surface area contributed by atoms with E-state index in [0.29, 0.717) is 17.6 Å². The topological polar surface area (TPSA) is 71.2 Å². The second-order valence-electron chi connectivity index (χ2n) is 4.93. The summed E-state index contributed by atoms with van der Waals surface area (Å²) in [7, 11) is 0. The minimum absolute atomic E-state index is 0.240. The lowest BCUT2D eigenvalue weighted by Crippen LogP contribution is -2.34. The van der Waals surface area contributed by atoms with E-state index in [2.05, 4.69) is 10.3 Å². The molecular weight excluding hydrogens is 214 g/mol. The van der Waals surface area contributed by atoms with Crippen LogP contribution in [0, 0.1) is 12.8 Å². The lowest BCUT2D eigenvalue weighted by molar-refractivity contribution is 0.178. The number of pyridine rings is 1. The number of nitrogens with one attached hydrogen (secondary N) is 1. The highest BCUT2D eigenvalue weighted by atomic mass is 16.3. The van der Waals surface area contributed by atoms with Gasteiger partial charge in [0.25, 0.3) is 0 Å². The van der Waals surface area contributed by atoms with Gasteiger partial charge in [0.2, 0.25) is 0 Å². The lowest BCUT2D eigenvalue weighted by atomic mass is 9.85. The number of hydrogen-bond donors (Lipinski definition) is 3. The Bertz CT molecular complexity index is 381. The Morgan fingerprint density at radius 3 is 2.94 bits per heavy atom. The van der Waals surface area contributed by atoms with E-state index in [1.54, 1.807) is 0 Å². The van der Waals surface area contributed by atoms with Crippen LogP contribution in [0.25, 0.3) is 0 Å². The summed E-state index contributed by atoms with van der Waals surface area (Å²) in [5.74, 6) is 1.08. The van der Waals surface area contributed by atoms with Crippen LogP contribution < -0.4 is 11.1 Å². The van der Waals surface area contributed by atoms with Crippen molar-refractivity contribution in [1.82, 2.24) is 4.98 Å². The van der Waals surface area contributed by atoms with Crippen LogP contribution in [-0.4, -0.2) is 22.7 Å². The number of anilines is 2. The van der Waals surface area contributed by atoms with E-state index in [9.17, 15) is 5.11 Å². The minimum Gasteiger partial charge on any atom is -0.396 e. The first kappa shape index (κ1) is 12.2. The van der Waals surface area contributed by atoms with Crippen molar-refractivity contribution in [2.75, 3.05) is 17.7 Å². The highest BCUT2D eigenvalue weighted by Gasteiger charge is 2.24. The molecule has 2 atom stereocenters. The summed E-state index contributed by atoms with van der Waals surface area (Å²) in [6.45, 7) is 2.22. The minimum atomic E-state index is 0.240. The van der Waals surface area contributed by atoms with Crippen molar-refractivity contribution in [3.63, 3.8) is 0 Å². The monoisotopic (exact) mass is 235 g/mol. The Labute approximate surface area is 102 Å². The third-order valence-corrected chi connectivity index (χ3v) is 3.52. The molecule has 94 valence electrons. The highest BCUT2D eigenvalue weighted by Crippen LogP contribution is 2.28. The van der Waals surface area contributed by atoms with E-state index in [1.165, 1.54) is 12.8 Å². The van der Waals surface area contributed by atoms with Crippen molar-refractivity contribution in [2.24, 2.45) is 5.92 Å². The Balaban J connectivity index is 2.08. The van der Waals surface area contributed by atoms with Gasteiger partial charge in [-0.2, -0.15) is 0 Å². The summed E-state index contributed by atoms with van der Waals surface area (Å²) in [5.41, 5.74) is 7.69. The number of aryl methyl sites for hydroxylation is 1. The lowest BCUT2D eigenvalue weighted by Gasteiger charge is -2.31. The Hall–Kier alpha value is -1.29. The standard InChI is InChI=1S/C13H21N3O/c1-9-6-11(14)13(15-7-9)16-12-5-3-2-4-10(12)8-17/h6-7,10,12,17H,2-5,8,14H2,1H3,(H,15,16). The maximum Gasteiger partial charge on any atom is 0.149 e. The number of aliphatic hydroxyl groups is 1. The number of nitrogens with zero attached hydrogens (tertiary/aromatic N) is 1. The maximum atomic E-state index is 9.36. The molecule has 1 aromatic rings. The first-order valence-corrected chi connectivity index (χ1v) is 6.30. The van der Waals surface area contributed by atoms with Gasteiger partial charge in [-0.15, -0.1) is 0 Å². The molecule has 2 unspecified atom stereocenters. The molecule has 0 amide bonds. The molecule has 4 heteroatoms. The van der Waals surface area contributed by atoms with Gasteiger partial charge in [0.1, 0.15) is 5.82 Å². The van der Waals surface area contributed by atoms with Crippen molar-refractivity contribution >= 4 is 11.5 Å². The SMILES string of the molecule is Cc1cnc(NC2CCCCC2CO)c(N)c1. The number of nitrogens with two attached hydrogens (primary N) is 1. The number of aliphatic hydroxyl groups excluding tert-OH is 1. The zero-order valence-corrected chi connectivity index (χ0v) is 10.3. The zero-order valence-electron chi connectivity index (χ0n) is 10.3. The predicted octanol–water partition coefficient (Wildman–Crippen LogP) is 1.94. The molecule has 4 nitrogen and oxygen atoms in total.